The van der Waals surface area contributed by atoms with Gasteiger partial charge in [0.25, 0.3) is 5.91 Å². The van der Waals surface area contributed by atoms with Gasteiger partial charge in [0.2, 0.25) is 0 Å². The molecule has 1 aliphatic heterocycles. The number of benzene rings is 1. The number of para-hydroxylation sites is 1. The van der Waals surface area contributed by atoms with E-state index in [0.29, 0.717) is 4.88 Å². The van der Waals surface area contributed by atoms with Gasteiger partial charge in [-0.1, -0.05) is 19.1 Å². The minimum absolute atomic E-state index is 0. The lowest BCUT2D eigenvalue weighted by molar-refractivity contribution is 0.103. The molecular formula is C21H19BrClN3OS3. The maximum Gasteiger partial charge on any atom is 0.266 e. The van der Waals surface area contributed by atoms with Crippen molar-refractivity contribution in [2.45, 2.75) is 19.9 Å². The van der Waals surface area contributed by atoms with E-state index >= 15 is 0 Å². The summed E-state index contributed by atoms with van der Waals surface area (Å²) in [6, 6.07) is 12.0. The van der Waals surface area contributed by atoms with Gasteiger partial charge in [0.15, 0.2) is 0 Å². The molecule has 0 radical (unpaired) electrons. The third kappa shape index (κ3) is 4.09. The minimum Gasteiger partial charge on any atom is -0.312 e. The molecule has 3 aromatic heterocycles. The lowest BCUT2D eigenvalue weighted by Gasteiger charge is -2.25. The normalized spacial score (nSPS) is 13.8. The Kier molecular flexibility index (Phi) is 6.62. The van der Waals surface area contributed by atoms with Crippen molar-refractivity contribution in [3.63, 3.8) is 0 Å². The van der Waals surface area contributed by atoms with Crippen molar-refractivity contribution >= 4 is 83.5 Å². The van der Waals surface area contributed by atoms with Crippen LogP contribution in [0.2, 0.25) is 0 Å². The van der Waals surface area contributed by atoms with Gasteiger partial charge in [-0.25, -0.2) is 4.98 Å². The van der Waals surface area contributed by atoms with Crippen LogP contribution in [-0.4, -0.2) is 28.9 Å². The molecule has 0 spiro atoms. The van der Waals surface area contributed by atoms with E-state index in [0.717, 1.165) is 50.9 Å². The van der Waals surface area contributed by atoms with Crippen molar-refractivity contribution in [2.24, 2.45) is 0 Å². The third-order valence-corrected chi connectivity index (χ3v) is 8.92. The fourth-order valence-electron chi connectivity index (χ4n) is 3.62. The van der Waals surface area contributed by atoms with Crippen molar-refractivity contribution in [3.05, 3.63) is 55.5 Å². The average Bonchev–Trinajstić information content (AvgIpc) is 3.42. The Balaban J connectivity index is 0.00000218. The van der Waals surface area contributed by atoms with Crippen molar-refractivity contribution in [3.8, 4) is 10.6 Å². The average molecular weight is 541 g/mol. The van der Waals surface area contributed by atoms with Crippen LogP contribution in [0.4, 0.5) is 5.00 Å². The lowest BCUT2D eigenvalue weighted by atomic mass is 10.0. The highest BCUT2D eigenvalue weighted by Gasteiger charge is 2.27. The first-order chi connectivity index (χ1) is 14.1. The first-order valence-electron chi connectivity index (χ1n) is 9.42. The lowest BCUT2D eigenvalue weighted by Crippen LogP contribution is -2.29. The highest BCUT2D eigenvalue weighted by Crippen LogP contribution is 2.45. The molecule has 0 atom stereocenters. The summed E-state index contributed by atoms with van der Waals surface area (Å²) in [6.45, 7) is 5.22. The summed E-state index contributed by atoms with van der Waals surface area (Å²) in [5, 5.41) is 5.11. The van der Waals surface area contributed by atoms with Crippen LogP contribution >= 0.6 is 62.3 Å². The molecule has 0 saturated carbocycles. The molecule has 0 bridgehead atoms. The number of nitrogens with zero attached hydrogens (tertiary/aromatic N) is 2. The fraction of sp³-hybridized carbons (Fsp3) is 0.238. The largest absolute Gasteiger partial charge is 0.312 e. The van der Waals surface area contributed by atoms with Crippen LogP contribution in [-0.2, 0) is 13.0 Å². The number of thiazole rings is 1. The number of hydrogen-bond donors (Lipinski definition) is 1. The maximum absolute atomic E-state index is 12.9. The zero-order chi connectivity index (χ0) is 20.0. The van der Waals surface area contributed by atoms with Gasteiger partial charge >= 0.3 is 0 Å². The number of thiophene rings is 2. The van der Waals surface area contributed by atoms with E-state index in [2.05, 4.69) is 39.1 Å². The molecule has 1 amide bonds. The number of aromatic nitrogens is 1. The first kappa shape index (κ1) is 21.9. The number of halogens is 2. The molecule has 1 N–H and O–H groups in total. The predicted octanol–water partition coefficient (Wildman–Crippen LogP) is 6.90. The molecule has 156 valence electrons. The molecule has 0 fully saturated rings. The summed E-state index contributed by atoms with van der Waals surface area (Å²) in [7, 11) is 0. The van der Waals surface area contributed by atoms with Crippen molar-refractivity contribution in [2.75, 3.05) is 18.4 Å². The summed E-state index contributed by atoms with van der Waals surface area (Å²) in [5.41, 5.74) is 3.48. The van der Waals surface area contributed by atoms with E-state index in [4.69, 9.17) is 4.98 Å². The Hall–Kier alpha value is -1.29. The molecule has 5 rings (SSSR count). The van der Waals surface area contributed by atoms with Gasteiger partial charge in [-0.05, 0) is 58.7 Å². The standard InChI is InChI=1S/C21H18BrN3OS3.ClH/c1-2-25-10-9-12-16(11-25)29-21(24-19(26)15-7-8-17(22)27-15)18(12)20-23-13-5-3-4-6-14(13)28-20;/h3-8H,2,9-11H2,1H3,(H,24,26);1H. The van der Waals surface area contributed by atoms with E-state index in [-0.39, 0.29) is 18.3 Å². The molecule has 4 nitrogen and oxygen atoms in total. The van der Waals surface area contributed by atoms with Gasteiger partial charge in [-0.3, -0.25) is 9.69 Å². The monoisotopic (exact) mass is 539 g/mol. The van der Waals surface area contributed by atoms with Crippen LogP contribution in [0.5, 0.6) is 0 Å². The minimum atomic E-state index is -0.0611. The summed E-state index contributed by atoms with van der Waals surface area (Å²) in [6.07, 6.45) is 0.991. The quantitative estimate of drug-likeness (QED) is 0.306. The number of carbonyl (C=O) groups excluding carboxylic acids is 1. The number of amides is 1. The Bertz CT molecular complexity index is 1180. The van der Waals surface area contributed by atoms with Gasteiger partial charge in [0.1, 0.15) is 10.0 Å². The Morgan fingerprint density at radius 1 is 1.20 bits per heavy atom. The van der Waals surface area contributed by atoms with Crippen LogP contribution in [0.25, 0.3) is 20.8 Å². The van der Waals surface area contributed by atoms with Gasteiger partial charge < -0.3 is 5.32 Å². The maximum atomic E-state index is 12.9. The van der Waals surface area contributed by atoms with E-state index in [1.807, 2.05) is 30.3 Å². The van der Waals surface area contributed by atoms with E-state index in [9.17, 15) is 4.79 Å². The molecule has 0 unspecified atom stereocenters. The third-order valence-electron chi connectivity index (χ3n) is 5.11. The van der Waals surface area contributed by atoms with Crippen LogP contribution in [0.3, 0.4) is 0 Å². The van der Waals surface area contributed by atoms with Gasteiger partial charge in [-0.15, -0.1) is 46.4 Å². The second kappa shape index (κ2) is 9.06. The summed E-state index contributed by atoms with van der Waals surface area (Å²) < 4.78 is 2.13. The molecule has 4 aromatic rings. The topological polar surface area (TPSA) is 45.2 Å². The summed E-state index contributed by atoms with van der Waals surface area (Å²) >= 11 is 8.30. The van der Waals surface area contributed by atoms with Gasteiger partial charge in [-0.2, -0.15) is 0 Å². The van der Waals surface area contributed by atoms with E-state index < -0.39 is 0 Å². The number of carbonyl (C=O) groups is 1. The van der Waals surface area contributed by atoms with Crippen LogP contribution in [0.15, 0.2) is 40.2 Å². The number of rotatable bonds is 4. The van der Waals surface area contributed by atoms with Crippen LogP contribution in [0, 0.1) is 0 Å². The first-order valence-corrected chi connectivity index (χ1v) is 12.7. The van der Waals surface area contributed by atoms with E-state index in [1.54, 1.807) is 22.7 Å². The second-order valence-corrected chi connectivity index (χ2v) is 11.5. The smallest absolute Gasteiger partial charge is 0.266 e. The molecule has 0 aliphatic carbocycles. The van der Waals surface area contributed by atoms with Crippen LogP contribution < -0.4 is 5.32 Å². The molecule has 1 aromatic carbocycles. The second-order valence-electron chi connectivity index (χ2n) is 6.87. The van der Waals surface area contributed by atoms with Gasteiger partial charge in [0.05, 0.1) is 18.9 Å². The SMILES string of the molecule is CCN1CCc2c(sc(NC(=O)c3ccc(Br)s3)c2-c2nc3ccccc3s2)C1.Cl. The molecule has 9 heteroatoms. The molecular weight excluding hydrogens is 522 g/mol. The van der Waals surface area contributed by atoms with Crippen molar-refractivity contribution in [1.82, 2.24) is 9.88 Å². The Labute approximate surface area is 201 Å². The zero-order valence-electron chi connectivity index (χ0n) is 16.1. The van der Waals surface area contributed by atoms with E-state index in [1.165, 1.54) is 26.5 Å². The van der Waals surface area contributed by atoms with Crippen molar-refractivity contribution in [1.29, 1.82) is 0 Å². The molecule has 4 heterocycles. The predicted molar refractivity (Wildman–Crippen MR) is 135 cm³/mol. The van der Waals surface area contributed by atoms with Crippen LogP contribution in [0.1, 0.15) is 27.0 Å². The zero-order valence-corrected chi connectivity index (χ0v) is 21.0. The highest BCUT2D eigenvalue weighted by atomic mass is 79.9. The highest BCUT2D eigenvalue weighted by molar-refractivity contribution is 9.11. The fourth-order valence-corrected chi connectivity index (χ4v) is 7.30. The number of hydrogen-bond acceptors (Lipinski definition) is 6. The number of fused-ring (bicyclic) bond motifs is 2. The Morgan fingerprint density at radius 3 is 2.77 bits per heavy atom. The number of anilines is 1. The number of nitrogens with one attached hydrogen (secondary N) is 1. The van der Waals surface area contributed by atoms with Gasteiger partial charge in [0, 0.05) is 23.5 Å². The Morgan fingerprint density at radius 2 is 2.03 bits per heavy atom. The summed E-state index contributed by atoms with van der Waals surface area (Å²) in [5.74, 6) is -0.0611. The summed E-state index contributed by atoms with van der Waals surface area (Å²) in [4.78, 5) is 22.3. The number of likely N-dealkylation sites (N-methyl/N-ethyl adjacent to an activating group) is 1. The molecule has 0 saturated heterocycles. The molecule has 1 aliphatic rings. The van der Waals surface area contributed by atoms with Crippen molar-refractivity contribution < 1.29 is 4.79 Å². The molecule has 30 heavy (non-hydrogen) atoms.